The van der Waals surface area contributed by atoms with Gasteiger partial charge in [0.25, 0.3) is 5.56 Å². The molecule has 0 aliphatic heterocycles. The lowest BCUT2D eigenvalue weighted by Gasteiger charge is -2.12. The fourth-order valence-corrected chi connectivity index (χ4v) is 4.20. The molecule has 29 heavy (non-hydrogen) atoms. The molecular formula is C20H19ClN6O2. The summed E-state index contributed by atoms with van der Waals surface area (Å²) >= 11 is 6.04. The fourth-order valence-electron chi connectivity index (χ4n) is 4.07. The lowest BCUT2D eigenvalue weighted by Crippen LogP contribution is -2.25. The monoisotopic (exact) mass is 410 g/mol. The first-order valence-electron chi connectivity index (χ1n) is 9.57. The van der Waals surface area contributed by atoms with Gasteiger partial charge in [0.05, 0.1) is 17.9 Å². The maximum atomic E-state index is 13.0. The van der Waals surface area contributed by atoms with Crippen LogP contribution in [0.25, 0.3) is 27.9 Å². The standard InChI is InChI=1S/C20H19ClN6O2/c1-29-10-15-16(12-6-8-13(21)9-7-12)18-24-23-17-19(27(18)25-15)22-11-26(20(17)28)14-4-2-3-5-14/h6-9,11,14H,2-5,10H2,1H3. The molecule has 1 aromatic carbocycles. The maximum Gasteiger partial charge on any atom is 0.283 e. The van der Waals surface area contributed by atoms with Gasteiger partial charge in [0.15, 0.2) is 16.8 Å². The van der Waals surface area contributed by atoms with Gasteiger partial charge in [0.1, 0.15) is 6.33 Å². The molecule has 0 saturated heterocycles. The SMILES string of the molecule is COCc1nn2c(nnc3c(=O)n(C4CCCC4)cnc32)c1-c1ccc(Cl)cc1. The first-order chi connectivity index (χ1) is 14.2. The third kappa shape index (κ3) is 2.99. The third-order valence-electron chi connectivity index (χ3n) is 5.46. The molecule has 3 aromatic heterocycles. The number of hydrogen-bond acceptors (Lipinski definition) is 6. The predicted octanol–water partition coefficient (Wildman–Crippen LogP) is 3.42. The van der Waals surface area contributed by atoms with Crippen molar-refractivity contribution < 1.29 is 4.74 Å². The molecule has 0 spiro atoms. The Labute approximate surface area is 171 Å². The van der Waals surface area contributed by atoms with E-state index in [4.69, 9.17) is 16.3 Å². The minimum Gasteiger partial charge on any atom is -0.378 e. The Hall–Kier alpha value is -2.84. The summed E-state index contributed by atoms with van der Waals surface area (Å²) in [5.41, 5.74) is 3.35. The zero-order chi connectivity index (χ0) is 20.0. The average molecular weight is 411 g/mol. The summed E-state index contributed by atoms with van der Waals surface area (Å²) in [5, 5.41) is 13.9. The van der Waals surface area contributed by atoms with Gasteiger partial charge >= 0.3 is 0 Å². The smallest absolute Gasteiger partial charge is 0.283 e. The Balaban J connectivity index is 1.75. The van der Waals surface area contributed by atoms with Gasteiger partial charge < -0.3 is 4.74 Å². The lowest BCUT2D eigenvalue weighted by atomic mass is 10.1. The van der Waals surface area contributed by atoms with Crippen molar-refractivity contribution in [3.63, 3.8) is 0 Å². The van der Waals surface area contributed by atoms with Crippen LogP contribution >= 0.6 is 11.6 Å². The predicted molar refractivity (Wildman–Crippen MR) is 109 cm³/mol. The minimum absolute atomic E-state index is 0.173. The van der Waals surface area contributed by atoms with Gasteiger partial charge in [-0.3, -0.25) is 9.36 Å². The van der Waals surface area contributed by atoms with Gasteiger partial charge in [-0.15, -0.1) is 10.2 Å². The molecule has 0 unspecified atom stereocenters. The topological polar surface area (TPSA) is 87.2 Å². The van der Waals surface area contributed by atoms with Gasteiger partial charge in [0, 0.05) is 18.2 Å². The number of nitrogens with zero attached hydrogens (tertiary/aromatic N) is 6. The molecule has 0 radical (unpaired) electrons. The van der Waals surface area contributed by atoms with Crippen LogP contribution in [-0.4, -0.2) is 36.5 Å². The summed E-state index contributed by atoms with van der Waals surface area (Å²) in [6.45, 7) is 0.294. The summed E-state index contributed by atoms with van der Waals surface area (Å²) in [6.07, 6.45) is 5.85. The van der Waals surface area contributed by atoms with E-state index in [9.17, 15) is 4.79 Å². The van der Waals surface area contributed by atoms with E-state index in [2.05, 4.69) is 20.3 Å². The average Bonchev–Trinajstić information content (AvgIpc) is 3.37. The van der Waals surface area contributed by atoms with Crippen molar-refractivity contribution in [3.05, 3.63) is 51.7 Å². The van der Waals surface area contributed by atoms with Crippen LogP contribution in [0.1, 0.15) is 37.4 Å². The summed E-state index contributed by atoms with van der Waals surface area (Å²) in [5.74, 6) is 0. The van der Waals surface area contributed by atoms with E-state index < -0.39 is 0 Å². The molecule has 1 fully saturated rings. The number of halogens is 1. The van der Waals surface area contributed by atoms with E-state index in [1.54, 1.807) is 22.5 Å². The molecule has 0 bridgehead atoms. The van der Waals surface area contributed by atoms with E-state index in [0.29, 0.717) is 28.6 Å². The van der Waals surface area contributed by atoms with Crippen LogP contribution in [0.4, 0.5) is 0 Å². The minimum atomic E-state index is -0.173. The highest BCUT2D eigenvalue weighted by molar-refractivity contribution is 6.30. The van der Waals surface area contributed by atoms with Crippen LogP contribution in [0.2, 0.25) is 5.02 Å². The highest BCUT2D eigenvalue weighted by Gasteiger charge is 2.23. The molecule has 0 N–H and O–H groups in total. The second-order valence-corrected chi connectivity index (χ2v) is 7.70. The number of fused-ring (bicyclic) bond motifs is 3. The summed E-state index contributed by atoms with van der Waals surface area (Å²) < 4.78 is 8.60. The van der Waals surface area contributed by atoms with Crippen LogP contribution in [-0.2, 0) is 11.3 Å². The molecule has 0 amide bonds. The summed E-state index contributed by atoms with van der Waals surface area (Å²) in [4.78, 5) is 17.6. The normalized spacial score (nSPS) is 15.0. The first-order valence-corrected chi connectivity index (χ1v) is 9.95. The molecule has 8 nitrogen and oxygen atoms in total. The molecule has 1 saturated carbocycles. The quantitative estimate of drug-likeness (QED) is 0.512. The molecule has 5 rings (SSSR count). The van der Waals surface area contributed by atoms with Crippen LogP contribution in [0.15, 0.2) is 35.4 Å². The molecule has 3 heterocycles. The van der Waals surface area contributed by atoms with Crippen LogP contribution in [0.5, 0.6) is 0 Å². The van der Waals surface area contributed by atoms with E-state index in [1.165, 1.54) is 0 Å². The van der Waals surface area contributed by atoms with Crippen molar-refractivity contribution in [1.29, 1.82) is 0 Å². The molecule has 0 atom stereocenters. The zero-order valence-electron chi connectivity index (χ0n) is 15.9. The number of ether oxygens (including phenoxy) is 1. The third-order valence-corrected chi connectivity index (χ3v) is 5.72. The number of benzene rings is 1. The highest BCUT2D eigenvalue weighted by Crippen LogP contribution is 2.31. The summed E-state index contributed by atoms with van der Waals surface area (Å²) in [7, 11) is 1.61. The van der Waals surface area contributed by atoms with Crippen molar-refractivity contribution in [3.8, 4) is 11.1 Å². The van der Waals surface area contributed by atoms with Crippen LogP contribution < -0.4 is 5.56 Å². The Bertz CT molecular complexity index is 1260. The van der Waals surface area contributed by atoms with Crippen molar-refractivity contribution in [1.82, 2.24) is 29.4 Å². The zero-order valence-corrected chi connectivity index (χ0v) is 16.6. The van der Waals surface area contributed by atoms with Crippen molar-refractivity contribution in [2.75, 3.05) is 7.11 Å². The Morgan fingerprint density at radius 2 is 1.90 bits per heavy atom. The Morgan fingerprint density at radius 1 is 1.14 bits per heavy atom. The lowest BCUT2D eigenvalue weighted by molar-refractivity contribution is 0.181. The number of hydrogen-bond donors (Lipinski definition) is 0. The Kier molecular flexibility index (Phi) is 4.52. The van der Waals surface area contributed by atoms with Gasteiger partial charge in [-0.05, 0) is 30.5 Å². The van der Waals surface area contributed by atoms with E-state index in [0.717, 1.165) is 36.8 Å². The van der Waals surface area contributed by atoms with E-state index in [1.807, 2.05) is 24.3 Å². The van der Waals surface area contributed by atoms with Crippen molar-refractivity contribution in [2.45, 2.75) is 38.3 Å². The number of aromatic nitrogens is 6. The van der Waals surface area contributed by atoms with E-state index in [-0.39, 0.29) is 17.1 Å². The molecule has 9 heteroatoms. The molecular weight excluding hydrogens is 392 g/mol. The first kappa shape index (κ1) is 18.2. The largest absolute Gasteiger partial charge is 0.378 e. The molecule has 1 aliphatic carbocycles. The highest BCUT2D eigenvalue weighted by atomic mass is 35.5. The van der Waals surface area contributed by atoms with Gasteiger partial charge in [-0.25, -0.2) is 4.98 Å². The summed E-state index contributed by atoms with van der Waals surface area (Å²) in [6, 6.07) is 7.60. The van der Waals surface area contributed by atoms with Crippen molar-refractivity contribution in [2.24, 2.45) is 0 Å². The van der Waals surface area contributed by atoms with Gasteiger partial charge in [-0.2, -0.15) is 9.61 Å². The van der Waals surface area contributed by atoms with E-state index >= 15 is 0 Å². The molecule has 1 aliphatic rings. The fraction of sp³-hybridized carbons (Fsp3) is 0.350. The second kappa shape index (κ2) is 7.20. The number of methoxy groups -OCH3 is 1. The number of rotatable bonds is 4. The maximum absolute atomic E-state index is 13.0. The van der Waals surface area contributed by atoms with Gasteiger partial charge in [0.2, 0.25) is 0 Å². The van der Waals surface area contributed by atoms with Gasteiger partial charge in [-0.1, -0.05) is 36.6 Å². The molecule has 148 valence electrons. The van der Waals surface area contributed by atoms with Crippen LogP contribution in [0.3, 0.4) is 0 Å². The van der Waals surface area contributed by atoms with Crippen molar-refractivity contribution >= 4 is 28.4 Å². The second-order valence-electron chi connectivity index (χ2n) is 7.26. The molecule has 4 aromatic rings. The van der Waals surface area contributed by atoms with Crippen LogP contribution in [0, 0.1) is 0 Å². The Morgan fingerprint density at radius 3 is 2.62 bits per heavy atom.